The fraction of sp³-hybridized carbons (Fsp3) is 0. The monoisotopic (exact) mass is 715 g/mol. The van der Waals surface area contributed by atoms with E-state index in [1.54, 1.807) is 24.3 Å². The molecule has 0 aliphatic heterocycles. The Balaban J connectivity index is 1.33. The Morgan fingerprint density at radius 2 is 0.926 bits per heavy atom. The van der Waals surface area contributed by atoms with E-state index in [9.17, 15) is 12.3 Å². The molecule has 0 saturated carbocycles. The van der Waals surface area contributed by atoms with Gasteiger partial charge in [0.15, 0.2) is 0 Å². The molecule has 0 aliphatic rings. The lowest BCUT2D eigenvalue weighted by Crippen LogP contribution is -2.09. The average molecular weight is 716 g/mol. The first-order valence-electron chi connectivity index (χ1n) is 29.3. The molecule has 254 valence electrons. The van der Waals surface area contributed by atoms with Crippen molar-refractivity contribution in [3.05, 3.63) is 212 Å². The van der Waals surface area contributed by atoms with Gasteiger partial charge in [0, 0.05) is 33.2 Å². The van der Waals surface area contributed by atoms with Gasteiger partial charge in [-0.15, -0.1) is 0 Å². The molecule has 0 unspecified atom stereocenters. The maximum Gasteiger partial charge on any atom is 0.143 e. The number of nitrogens with zero attached hydrogens (tertiary/aromatic N) is 1. The van der Waals surface area contributed by atoms with E-state index >= 15 is 0 Å². The Kier molecular flexibility index (Phi) is 3.65. The molecule has 0 radical (unpaired) electrons. The topological polar surface area (TPSA) is 16.4 Å². The van der Waals surface area contributed by atoms with Crippen LogP contribution in [0.25, 0.3) is 77.2 Å². The van der Waals surface area contributed by atoms with E-state index in [0.29, 0.717) is 4.90 Å². The van der Waals surface area contributed by atoms with Crippen LogP contribution in [0, 0.1) is 0 Å². The zero-order valence-corrected chi connectivity index (χ0v) is 27.6. The Labute approximate surface area is 351 Å². The zero-order valence-electron chi connectivity index (χ0n) is 53.6. The van der Waals surface area contributed by atoms with Gasteiger partial charge in [0.2, 0.25) is 0 Å². The van der Waals surface area contributed by atoms with E-state index in [2.05, 4.69) is 0 Å². The van der Waals surface area contributed by atoms with Crippen LogP contribution in [-0.4, -0.2) is 0 Å². The highest BCUT2D eigenvalue weighted by Crippen LogP contribution is 2.44. The van der Waals surface area contributed by atoms with E-state index in [4.69, 9.17) is 27.7 Å². The van der Waals surface area contributed by atoms with Gasteiger partial charge >= 0.3 is 0 Å². The lowest BCUT2D eigenvalue weighted by Gasteiger charge is -2.26. The number of benzene rings is 9. The third kappa shape index (κ3) is 5.62. The number of fused-ring (bicyclic) bond motifs is 5. The molecule has 0 atom stereocenters. The van der Waals surface area contributed by atoms with Crippen molar-refractivity contribution in [1.82, 2.24) is 0 Å². The van der Waals surface area contributed by atoms with Crippen LogP contribution in [0.4, 0.5) is 17.1 Å². The first-order valence-corrected chi connectivity index (χ1v) is 16.3. The summed E-state index contributed by atoms with van der Waals surface area (Å²) in [6.07, 6.45) is 0. The summed E-state index contributed by atoms with van der Waals surface area (Å²) in [6, 6.07) is -8.70. The molecule has 0 N–H and O–H groups in total. The first kappa shape index (κ1) is 14.7. The highest BCUT2D eigenvalue weighted by molar-refractivity contribution is 6.22. The fourth-order valence-corrected chi connectivity index (χ4v) is 6.14. The van der Waals surface area contributed by atoms with Crippen molar-refractivity contribution in [2.45, 2.75) is 0 Å². The largest absolute Gasteiger partial charge is 0.455 e. The van der Waals surface area contributed by atoms with Crippen molar-refractivity contribution >= 4 is 49.8 Å². The SMILES string of the molecule is [2H]c1c([2H])c([2H])c(-c2c([2H])c([2H])c(N(c3c([2H])c([2H])c([2H])c([2H])c3[2H])c3c([2H])c([2H])c(-c4c([2H])c([2H])c([2H])c5oc6c7c([2H])c([2H])c([2H])c([2H])c7c(-c7ccc(-c8ccccc8)cc7)c([2H])c6c45)c([2H])c3[2H])c([2H])c2[2H])c([2H])c1[2H]. The molecule has 10 rings (SSSR count). The second-order valence-electron chi connectivity index (χ2n) is 11.7. The van der Waals surface area contributed by atoms with Crippen LogP contribution in [0.15, 0.2) is 216 Å². The van der Waals surface area contributed by atoms with Crippen LogP contribution in [0.2, 0.25) is 0 Å². The van der Waals surface area contributed by atoms with Gasteiger partial charge in [-0.25, -0.2) is 0 Å². The molecular weight excluding hydrogens is 655 g/mol. The maximum atomic E-state index is 9.93. The second-order valence-corrected chi connectivity index (χ2v) is 11.7. The summed E-state index contributed by atoms with van der Waals surface area (Å²) in [6.45, 7) is 0. The van der Waals surface area contributed by atoms with Crippen LogP contribution in [0.3, 0.4) is 0 Å². The molecule has 1 aromatic heterocycles. The Bertz CT molecular complexity index is 4310. The molecule has 10 aromatic rings. The van der Waals surface area contributed by atoms with Gasteiger partial charge in [-0.05, 0) is 98.2 Å². The van der Waals surface area contributed by atoms with E-state index in [-0.39, 0.29) is 27.3 Å². The molecule has 0 spiro atoms. The molecular formula is C52H35NO. The first-order chi connectivity index (χ1) is 37.6. The summed E-state index contributed by atoms with van der Waals surface area (Å²) >= 11 is 0. The van der Waals surface area contributed by atoms with Gasteiger partial charge in [-0.2, -0.15) is 0 Å². The van der Waals surface area contributed by atoms with Crippen LogP contribution in [-0.2, 0) is 0 Å². The summed E-state index contributed by atoms with van der Waals surface area (Å²) < 4.78 is 240. The lowest BCUT2D eigenvalue weighted by atomic mass is 9.92. The zero-order chi connectivity index (χ0) is 58.5. The average Bonchev–Trinajstić information content (AvgIpc) is 3.96. The maximum absolute atomic E-state index is 9.93. The van der Waals surface area contributed by atoms with Crippen molar-refractivity contribution in [3.8, 4) is 44.5 Å². The van der Waals surface area contributed by atoms with Gasteiger partial charge in [0.25, 0.3) is 0 Å². The number of anilines is 3. The highest BCUT2D eigenvalue weighted by Gasteiger charge is 2.19. The standard InChI is InChI=1S/C52H35NO/c1-4-13-36(14-5-1)38-23-25-41(26-24-38)48-35-49-51-45(21-12-22-50(51)54-52(49)47-20-11-10-19-46(47)48)40-29-33-44(34-30-40)53(42-17-8-3-9-18-42)43-31-27-39(28-32-43)37-15-6-2-7-16-37/h1-35H/i2D,3D,6D,7D,8D,9D,10D,11D,12D,15D,16D,17D,18D,19D,20D,21D,22D,27D,28D,29D,30D,31D,32D,33D,34D,35D. The Hall–Kier alpha value is -7.16. The quantitative estimate of drug-likeness (QED) is 0.163. The minimum atomic E-state index is -1.19. The second kappa shape index (κ2) is 13.4. The third-order valence-corrected chi connectivity index (χ3v) is 8.60. The third-order valence-electron chi connectivity index (χ3n) is 8.60. The fourth-order valence-electron chi connectivity index (χ4n) is 6.14. The van der Waals surface area contributed by atoms with E-state index in [1.807, 2.05) is 30.3 Å². The van der Waals surface area contributed by atoms with Gasteiger partial charge in [0.1, 0.15) is 11.2 Å². The van der Waals surface area contributed by atoms with Crippen LogP contribution in [0.5, 0.6) is 0 Å². The predicted octanol–water partition coefficient (Wildman–Crippen LogP) is 14.9. The molecule has 0 amide bonds. The minimum absolute atomic E-state index is 0.0811. The molecule has 0 aliphatic carbocycles. The number of furan rings is 1. The molecule has 2 heteroatoms. The number of hydrogen-bond acceptors (Lipinski definition) is 2. The summed E-state index contributed by atoms with van der Waals surface area (Å²) in [4.78, 5) is 0.390. The Morgan fingerprint density at radius 1 is 0.370 bits per heavy atom. The molecule has 1 heterocycles. The normalized spacial score (nSPS) is 18.1. The van der Waals surface area contributed by atoms with E-state index < -0.39 is 213 Å². The minimum Gasteiger partial charge on any atom is -0.455 e. The Morgan fingerprint density at radius 3 is 1.63 bits per heavy atom. The number of rotatable bonds is 7. The van der Waals surface area contributed by atoms with Crippen molar-refractivity contribution in [2.24, 2.45) is 0 Å². The van der Waals surface area contributed by atoms with Crippen LogP contribution < -0.4 is 4.90 Å². The molecule has 54 heavy (non-hydrogen) atoms. The van der Waals surface area contributed by atoms with Crippen molar-refractivity contribution < 1.29 is 40.1 Å². The summed E-state index contributed by atoms with van der Waals surface area (Å²) in [7, 11) is 0. The highest BCUT2D eigenvalue weighted by atomic mass is 16.3. The number of hydrogen-bond donors (Lipinski definition) is 0. The van der Waals surface area contributed by atoms with Gasteiger partial charge in [0.05, 0.1) is 35.6 Å². The molecule has 0 bridgehead atoms. The van der Waals surface area contributed by atoms with Gasteiger partial charge in [-0.3, -0.25) is 0 Å². The van der Waals surface area contributed by atoms with Crippen LogP contribution >= 0.6 is 0 Å². The van der Waals surface area contributed by atoms with Crippen molar-refractivity contribution in [2.75, 3.05) is 4.90 Å². The van der Waals surface area contributed by atoms with E-state index in [0.717, 1.165) is 11.1 Å². The van der Waals surface area contributed by atoms with Gasteiger partial charge < -0.3 is 9.32 Å². The lowest BCUT2D eigenvalue weighted by molar-refractivity contribution is 0.673. The molecule has 2 nitrogen and oxygen atoms in total. The summed E-state index contributed by atoms with van der Waals surface area (Å²) in [5.41, 5.74) is -5.45. The summed E-state index contributed by atoms with van der Waals surface area (Å²) in [5, 5.41) is -1.22. The molecule has 0 fully saturated rings. The van der Waals surface area contributed by atoms with Crippen LogP contribution in [0.1, 0.15) is 35.6 Å². The summed E-state index contributed by atoms with van der Waals surface area (Å²) in [5.74, 6) is 0. The predicted molar refractivity (Wildman–Crippen MR) is 228 cm³/mol. The van der Waals surface area contributed by atoms with Gasteiger partial charge in [-0.1, -0.05) is 163 Å². The number of para-hydroxylation sites is 1. The molecule has 9 aromatic carbocycles. The molecule has 0 saturated heterocycles. The smallest absolute Gasteiger partial charge is 0.143 e. The van der Waals surface area contributed by atoms with Crippen molar-refractivity contribution in [1.29, 1.82) is 0 Å². The van der Waals surface area contributed by atoms with E-state index in [1.165, 1.54) is 0 Å². The van der Waals surface area contributed by atoms with Crippen molar-refractivity contribution in [3.63, 3.8) is 0 Å².